The van der Waals surface area contributed by atoms with Crippen LogP contribution in [0.1, 0.15) is 33.6 Å². The highest BCUT2D eigenvalue weighted by Crippen LogP contribution is 2.49. The van der Waals surface area contributed by atoms with Gasteiger partial charge in [-0.25, -0.2) is 17.1 Å². The van der Waals surface area contributed by atoms with Crippen molar-refractivity contribution in [2.45, 2.75) is 17.0 Å². The molecule has 0 saturated heterocycles. The number of hydrogen-bond acceptors (Lipinski definition) is 4. The lowest BCUT2D eigenvalue weighted by Crippen LogP contribution is -2.34. The Morgan fingerprint density at radius 1 is 0.842 bits per heavy atom. The molecule has 7 nitrogen and oxygen atoms in total. The molecule has 2 heterocycles. The molecule has 11 heteroatoms. The summed E-state index contributed by atoms with van der Waals surface area (Å²) in [6.45, 7) is 0. The van der Waals surface area contributed by atoms with E-state index in [1.165, 1.54) is 41.9 Å². The molecule has 194 valence electrons. The molecular weight excluding hydrogens is 552 g/mol. The van der Waals surface area contributed by atoms with Crippen LogP contribution in [0.3, 0.4) is 0 Å². The van der Waals surface area contributed by atoms with Crippen molar-refractivity contribution < 1.29 is 17.6 Å². The highest BCUT2D eigenvalue weighted by atomic mass is 35.5. The van der Waals surface area contributed by atoms with E-state index >= 15 is 0 Å². The highest BCUT2D eigenvalue weighted by Gasteiger charge is 2.48. The zero-order valence-electron chi connectivity index (χ0n) is 19.8. The minimum atomic E-state index is -4.56. The summed E-state index contributed by atoms with van der Waals surface area (Å²) in [5, 5.41) is 3.30. The van der Waals surface area contributed by atoms with E-state index in [-0.39, 0.29) is 11.4 Å². The SMILES string of the molecule is CNC(=O)c1ccc2n(c1=O)[C@@H](c1ccc(Cl)cc1)[C@@H](c1ccc(Cl)cc1)N2S(=O)(=O)c1ccccc1F. The Kier molecular flexibility index (Phi) is 6.77. The number of halogens is 3. The van der Waals surface area contributed by atoms with Crippen molar-refractivity contribution in [2.24, 2.45) is 0 Å². The van der Waals surface area contributed by atoms with Crippen LogP contribution in [0.4, 0.5) is 10.2 Å². The van der Waals surface area contributed by atoms with E-state index in [1.54, 1.807) is 48.5 Å². The Morgan fingerprint density at radius 2 is 1.39 bits per heavy atom. The molecule has 0 bridgehead atoms. The van der Waals surface area contributed by atoms with Crippen LogP contribution in [-0.4, -0.2) is 25.9 Å². The van der Waals surface area contributed by atoms with E-state index in [0.29, 0.717) is 21.2 Å². The Hall–Kier alpha value is -3.66. The summed E-state index contributed by atoms with van der Waals surface area (Å²) < 4.78 is 45.4. The number of sulfonamides is 1. The molecule has 0 saturated carbocycles. The van der Waals surface area contributed by atoms with Gasteiger partial charge in [0.2, 0.25) is 0 Å². The van der Waals surface area contributed by atoms with Gasteiger partial charge in [-0.3, -0.25) is 14.2 Å². The fourth-order valence-electron chi connectivity index (χ4n) is 4.71. The second-order valence-corrected chi connectivity index (χ2v) is 11.2. The third-order valence-corrected chi connectivity index (χ3v) is 8.74. The summed E-state index contributed by atoms with van der Waals surface area (Å²) in [7, 11) is -3.17. The van der Waals surface area contributed by atoms with Crippen molar-refractivity contribution in [1.29, 1.82) is 0 Å². The van der Waals surface area contributed by atoms with Crippen LogP contribution in [0.15, 0.2) is 94.6 Å². The molecule has 0 fully saturated rings. The van der Waals surface area contributed by atoms with Gasteiger partial charge in [0.05, 0.1) is 12.1 Å². The summed E-state index contributed by atoms with van der Waals surface area (Å²) in [6, 6.07) is 18.8. The molecule has 1 aromatic heterocycles. The van der Waals surface area contributed by atoms with E-state index in [1.807, 2.05) is 0 Å². The average Bonchev–Trinajstić information content (AvgIpc) is 3.26. The molecule has 0 spiro atoms. The number of benzene rings is 3. The first kappa shape index (κ1) is 26.0. The van der Waals surface area contributed by atoms with Gasteiger partial charge in [0, 0.05) is 17.1 Å². The predicted molar refractivity (Wildman–Crippen MR) is 144 cm³/mol. The van der Waals surface area contributed by atoms with E-state index in [2.05, 4.69) is 5.32 Å². The lowest BCUT2D eigenvalue weighted by molar-refractivity contribution is 0.0961. The molecule has 0 unspecified atom stereocenters. The number of carbonyl (C=O) groups is 1. The van der Waals surface area contributed by atoms with Crippen LogP contribution < -0.4 is 15.2 Å². The lowest BCUT2D eigenvalue weighted by atomic mass is 9.94. The molecule has 2 atom stereocenters. The number of carbonyl (C=O) groups excluding carboxylic acids is 1. The lowest BCUT2D eigenvalue weighted by Gasteiger charge is -2.29. The van der Waals surface area contributed by atoms with Crippen LogP contribution in [0.5, 0.6) is 0 Å². The molecule has 4 aromatic rings. The number of rotatable bonds is 5. The summed E-state index contributed by atoms with van der Waals surface area (Å²) in [5.41, 5.74) is 0.180. The van der Waals surface area contributed by atoms with Crippen LogP contribution in [0.25, 0.3) is 0 Å². The molecular formula is C27H20Cl2FN3O4S. The van der Waals surface area contributed by atoms with Crippen molar-refractivity contribution >= 4 is 45.0 Å². The van der Waals surface area contributed by atoms with Gasteiger partial charge in [-0.1, -0.05) is 59.6 Å². The van der Waals surface area contributed by atoms with Crippen molar-refractivity contribution in [2.75, 3.05) is 11.4 Å². The molecule has 3 aromatic carbocycles. The Morgan fingerprint density at radius 3 is 1.95 bits per heavy atom. The second kappa shape index (κ2) is 9.90. The maximum atomic E-state index is 14.9. The first-order valence-electron chi connectivity index (χ1n) is 11.4. The first-order valence-corrected chi connectivity index (χ1v) is 13.6. The maximum Gasteiger partial charge on any atom is 0.269 e. The normalized spacial score (nSPS) is 16.8. The zero-order chi connectivity index (χ0) is 27.2. The van der Waals surface area contributed by atoms with Gasteiger partial charge in [0.15, 0.2) is 0 Å². The van der Waals surface area contributed by atoms with E-state index in [0.717, 1.165) is 10.4 Å². The fourth-order valence-corrected chi connectivity index (χ4v) is 6.67. The van der Waals surface area contributed by atoms with Crippen molar-refractivity contribution in [3.8, 4) is 0 Å². The number of aromatic nitrogens is 1. The van der Waals surface area contributed by atoms with Crippen LogP contribution in [0, 0.1) is 5.82 Å². The van der Waals surface area contributed by atoms with Crippen molar-refractivity contribution in [1.82, 2.24) is 9.88 Å². The number of pyridine rings is 1. The number of anilines is 1. The van der Waals surface area contributed by atoms with E-state index in [4.69, 9.17) is 23.2 Å². The van der Waals surface area contributed by atoms with Crippen LogP contribution in [0.2, 0.25) is 10.0 Å². The van der Waals surface area contributed by atoms with Gasteiger partial charge in [-0.2, -0.15) is 0 Å². The summed E-state index contributed by atoms with van der Waals surface area (Å²) in [6.07, 6.45) is 0. The summed E-state index contributed by atoms with van der Waals surface area (Å²) in [5.74, 6) is -1.59. The quantitative estimate of drug-likeness (QED) is 0.357. The van der Waals surface area contributed by atoms with Gasteiger partial charge in [-0.15, -0.1) is 0 Å². The Balaban J connectivity index is 1.87. The van der Waals surface area contributed by atoms with Gasteiger partial charge < -0.3 is 5.32 Å². The first-order chi connectivity index (χ1) is 18.1. The zero-order valence-corrected chi connectivity index (χ0v) is 22.1. The third-order valence-electron chi connectivity index (χ3n) is 6.42. The van der Waals surface area contributed by atoms with Crippen LogP contribution >= 0.6 is 23.2 Å². The number of amides is 1. The largest absolute Gasteiger partial charge is 0.355 e. The maximum absolute atomic E-state index is 14.9. The predicted octanol–water partition coefficient (Wildman–Crippen LogP) is 5.19. The van der Waals surface area contributed by atoms with Gasteiger partial charge in [0.1, 0.15) is 22.1 Å². The van der Waals surface area contributed by atoms with Gasteiger partial charge in [-0.05, 0) is 59.7 Å². The van der Waals surface area contributed by atoms with Gasteiger partial charge in [0.25, 0.3) is 21.5 Å². The number of nitrogens with zero attached hydrogens (tertiary/aromatic N) is 2. The van der Waals surface area contributed by atoms with E-state index in [9.17, 15) is 22.4 Å². The Bertz CT molecular complexity index is 1710. The van der Waals surface area contributed by atoms with Crippen molar-refractivity contribution in [3.63, 3.8) is 0 Å². The molecule has 0 radical (unpaired) electrons. The van der Waals surface area contributed by atoms with Gasteiger partial charge >= 0.3 is 0 Å². The number of hydrogen-bond donors (Lipinski definition) is 1. The molecule has 5 rings (SSSR count). The Labute approximate surface area is 228 Å². The second-order valence-electron chi connectivity index (χ2n) is 8.58. The molecule has 1 amide bonds. The molecule has 1 aliphatic rings. The fraction of sp³-hybridized carbons (Fsp3) is 0.111. The molecule has 38 heavy (non-hydrogen) atoms. The van der Waals surface area contributed by atoms with E-state index < -0.39 is 44.3 Å². The minimum Gasteiger partial charge on any atom is -0.355 e. The third kappa shape index (κ3) is 4.26. The summed E-state index contributed by atoms with van der Waals surface area (Å²) >= 11 is 12.2. The van der Waals surface area contributed by atoms with Crippen molar-refractivity contribution in [3.05, 3.63) is 128 Å². The average molecular weight is 572 g/mol. The summed E-state index contributed by atoms with van der Waals surface area (Å²) in [4.78, 5) is 25.7. The topological polar surface area (TPSA) is 88.5 Å². The highest BCUT2D eigenvalue weighted by molar-refractivity contribution is 7.92. The number of nitrogens with one attached hydrogen (secondary N) is 1. The standard InChI is InChI=1S/C27H20Cl2FN3O4S/c1-31-26(34)20-14-15-23-32(27(20)35)24(16-6-10-18(28)11-7-16)25(17-8-12-19(29)13-9-17)33(23)38(36,37)22-5-3-2-4-21(22)30/h2-15,24-25H,1H3,(H,31,34)/t24-,25+/m0/s1. The minimum absolute atomic E-state index is 0.0224. The number of fused-ring (bicyclic) bond motifs is 1. The smallest absolute Gasteiger partial charge is 0.269 e. The monoisotopic (exact) mass is 571 g/mol. The molecule has 1 aliphatic heterocycles. The van der Waals surface area contributed by atoms with Crippen LogP contribution in [-0.2, 0) is 10.0 Å². The molecule has 0 aliphatic carbocycles. The molecule has 1 N–H and O–H groups in total.